The molecule has 7 nitrogen and oxygen atoms in total. The third kappa shape index (κ3) is 4.29. The minimum absolute atomic E-state index is 0.103. The highest BCUT2D eigenvalue weighted by Gasteiger charge is 2.24. The van der Waals surface area contributed by atoms with Gasteiger partial charge in [0.2, 0.25) is 5.82 Å². The van der Waals surface area contributed by atoms with Crippen LogP contribution >= 0.6 is 0 Å². The summed E-state index contributed by atoms with van der Waals surface area (Å²) in [6.45, 7) is 9.53. The summed E-state index contributed by atoms with van der Waals surface area (Å²) in [5.41, 5.74) is 4.82. The second-order valence-electron chi connectivity index (χ2n) is 6.60. The molecule has 1 atom stereocenters. The first-order chi connectivity index (χ1) is 12.3. The molecule has 0 aliphatic carbocycles. The Kier molecular flexibility index (Phi) is 6.15. The topological polar surface area (TPSA) is 100 Å². The monoisotopic (exact) mass is 358 g/mol. The second kappa shape index (κ2) is 8.14. The first-order valence-corrected chi connectivity index (χ1v) is 8.65. The molecule has 0 saturated carbocycles. The van der Waals surface area contributed by atoms with Gasteiger partial charge in [-0.1, -0.05) is 24.6 Å². The molecule has 2 rings (SSSR count). The van der Waals surface area contributed by atoms with Gasteiger partial charge in [0, 0.05) is 17.4 Å². The van der Waals surface area contributed by atoms with E-state index in [4.69, 9.17) is 0 Å². The molecule has 0 spiro atoms. The predicted octanol–water partition coefficient (Wildman–Crippen LogP) is 4.15. The normalized spacial score (nSPS) is 11.9. The molecule has 1 aromatic heterocycles. The van der Waals surface area contributed by atoms with Gasteiger partial charge in [0.25, 0.3) is 0 Å². The maximum absolute atomic E-state index is 11.7. The van der Waals surface area contributed by atoms with Crippen LogP contribution in [0, 0.1) is 37.8 Å². The molecule has 7 heteroatoms. The van der Waals surface area contributed by atoms with Crippen LogP contribution < -0.4 is 10.6 Å². The van der Waals surface area contributed by atoms with E-state index in [-0.39, 0.29) is 24.2 Å². The van der Waals surface area contributed by atoms with Crippen LogP contribution in [0.15, 0.2) is 18.2 Å². The van der Waals surface area contributed by atoms with Gasteiger partial charge < -0.3 is 15.7 Å². The lowest BCUT2D eigenvalue weighted by Crippen LogP contribution is -2.23. The van der Waals surface area contributed by atoms with Crippen molar-refractivity contribution in [3.8, 4) is 0 Å². The van der Waals surface area contributed by atoms with Gasteiger partial charge >= 0.3 is 5.69 Å². The Morgan fingerprint density at radius 1 is 1.19 bits per heavy atom. The predicted molar refractivity (Wildman–Crippen MR) is 104 cm³/mol. The first kappa shape index (κ1) is 19.7. The fourth-order valence-electron chi connectivity index (χ4n) is 3.04. The van der Waals surface area contributed by atoms with Crippen molar-refractivity contribution in [2.24, 2.45) is 0 Å². The molecule has 0 saturated heterocycles. The van der Waals surface area contributed by atoms with Crippen LogP contribution in [0.4, 0.5) is 22.9 Å². The molecule has 3 N–H and O–H groups in total. The van der Waals surface area contributed by atoms with E-state index in [0.29, 0.717) is 17.8 Å². The first-order valence-electron chi connectivity index (χ1n) is 8.65. The number of anilines is 3. The fraction of sp³-hybridized carbons (Fsp3) is 0.421. The molecular weight excluding hydrogens is 332 g/mol. The largest absolute Gasteiger partial charge is 0.394 e. The van der Waals surface area contributed by atoms with E-state index in [0.717, 1.165) is 22.4 Å². The highest BCUT2D eigenvalue weighted by Crippen LogP contribution is 2.36. The number of aromatic nitrogens is 1. The lowest BCUT2D eigenvalue weighted by atomic mass is 10.0. The maximum Gasteiger partial charge on any atom is 0.334 e. The minimum Gasteiger partial charge on any atom is -0.394 e. The highest BCUT2D eigenvalue weighted by molar-refractivity contribution is 5.79. The van der Waals surface area contributed by atoms with Crippen molar-refractivity contribution in [3.63, 3.8) is 0 Å². The van der Waals surface area contributed by atoms with Gasteiger partial charge in [-0.05, 0) is 51.3 Å². The molecule has 26 heavy (non-hydrogen) atoms. The number of pyridine rings is 1. The molecule has 1 heterocycles. The average molecular weight is 358 g/mol. The van der Waals surface area contributed by atoms with Gasteiger partial charge in [-0.2, -0.15) is 0 Å². The molecule has 1 aromatic carbocycles. The van der Waals surface area contributed by atoms with Gasteiger partial charge in [-0.3, -0.25) is 10.1 Å². The van der Waals surface area contributed by atoms with Crippen LogP contribution in [-0.4, -0.2) is 27.7 Å². The highest BCUT2D eigenvalue weighted by atomic mass is 16.6. The summed E-state index contributed by atoms with van der Waals surface area (Å²) in [7, 11) is 0. The van der Waals surface area contributed by atoms with Crippen molar-refractivity contribution in [2.45, 2.75) is 47.1 Å². The summed E-state index contributed by atoms with van der Waals surface area (Å²) >= 11 is 0. The molecule has 0 fully saturated rings. The summed E-state index contributed by atoms with van der Waals surface area (Å²) < 4.78 is 0. The molecule has 2 aromatic rings. The van der Waals surface area contributed by atoms with Gasteiger partial charge in [0.15, 0.2) is 0 Å². The van der Waals surface area contributed by atoms with Crippen molar-refractivity contribution < 1.29 is 10.0 Å². The average Bonchev–Trinajstić information content (AvgIpc) is 2.55. The van der Waals surface area contributed by atoms with Crippen LogP contribution in [-0.2, 0) is 0 Å². The third-order valence-electron chi connectivity index (χ3n) is 4.30. The van der Waals surface area contributed by atoms with Crippen LogP contribution in [0.5, 0.6) is 0 Å². The number of nitrogens with one attached hydrogen (secondary N) is 2. The molecule has 0 aliphatic rings. The quantitative estimate of drug-likeness (QED) is 0.508. The summed E-state index contributed by atoms with van der Waals surface area (Å²) in [4.78, 5) is 15.7. The molecule has 1 unspecified atom stereocenters. The van der Waals surface area contributed by atoms with Gasteiger partial charge in [0.05, 0.1) is 11.5 Å². The van der Waals surface area contributed by atoms with Gasteiger partial charge in [0.1, 0.15) is 5.69 Å². The minimum atomic E-state index is -0.444. The maximum atomic E-state index is 11.7. The zero-order valence-electron chi connectivity index (χ0n) is 15.9. The number of nitrogens with zero attached hydrogens (tertiary/aromatic N) is 2. The molecule has 0 amide bonds. The Balaban J connectivity index is 2.55. The fourth-order valence-corrected chi connectivity index (χ4v) is 3.04. The summed E-state index contributed by atoms with van der Waals surface area (Å²) in [6, 6.07) is 5.42. The van der Waals surface area contributed by atoms with E-state index in [1.54, 1.807) is 13.0 Å². The van der Waals surface area contributed by atoms with Crippen molar-refractivity contribution >= 4 is 22.9 Å². The molecule has 140 valence electrons. The summed E-state index contributed by atoms with van der Waals surface area (Å²) in [6.07, 6.45) is 0.647. The number of aryl methyl sites for hydroxylation is 4. The van der Waals surface area contributed by atoms with E-state index in [1.165, 1.54) is 0 Å². The van der Waals surface area contributed by atoms with E-state index in [9.17, 15) is 15.2 Å². The van der Waals surface area contributed by atoms with Crippen molar-refractivity contribution in [1.29, 1.82) is 0 Å². The zero-order chi connectivity index (χ0) is 19.4. The standard InChI is InChI=1S/C19H26N4O3/c1-6-15(10-24)21-16-9-14(5)20-19(18(16)23(25)26)22-17-12(3)7-11(2)8-13(17)4/h7-9,15,24H,6,10H2,1-5H3,(H2,20,21,22). The number of benzene rings is 1. The molecular formula is C19H26N4O3. The Hall–Kier alpha value is -2.67. The number of rotatable bonds is 7. The Labute approximate surface area is 153 Å². The third-order valence-corrected chi connectivity index (χ3v) is 4.30. The van der Waals surface area contributed by atoms with E-state index < -0.39 is 4.92 Å². The zero-order valence-corrected chi connectivity index (χ0v) is 15.9. The van der Waals surface area contributed by atoms with Gasteiger partial charge in [-0.15, -0.1) is 0 Å². The number of hydrogen-bond acceptors (Lipinski definition) is 6. The number of aliphatic hydroxyl groups is 1. The van der Waals surface area contributed by atoms with Gasteiger partial charge in [-0.25, -0.2) is 4.98 Å². The van der Waals surface area contributed by atoms with Crippen LogP contribution in [0.1, 0.15) is 35.7 Å². The Bertz CT molecular complexity index is 794. The van der Waals surface area contributed by atoms with E-state index in [1.807, 2.05) is 39.8 Å². The van der Waals surface area contributed by atoms with Crippen molar-refractivity contribution in [2.75, 3.05) is 17.2 Å². The summed E-state index contributed by atoms with van der Waals surface area (Å²) in [5.74, 6) is 0.195. The molecule has 0 aliphatic heterocycles. The second-order valence-corrected chi connectivity index (χ2v) is 6.60. The number of aliphatic hydroxyl groups excluding tert-OH is 1. The number of hydrogen-bond donors (Lipinski definition) is 3. The van der Waals surface area contributed by atoms with Crippen LogP contribution in [0.3, 0.4) is 0 Å². The smallest absolute Gasteiger partial charge is 0.334 e. The Morgan fingerprint density at radius 3 is 2.31 bits per heavy atom. The van der Waals surface area contributed by atoms with Crippen LogP contribution in [0.25, 0.3) is 0 Å². The SMILES string of the molecule is CCC(CO)Nc1cc(C)nc(Nc2c(C)cc(C)cc2C)c1[N+](=O)[O-]. The van der Waals surface area contributed by atoms with Crippen molar-refractivity contribution in [1.82, 2.24) is 4.98 Å². The summed E-state index contributed by atoms with van der Waals surface area (Å²) in [5, 5.41) is 27.4. The lowest BCUT2D eigenvalue weighted by molar-refractivity contribution is -0.383. The molecule has 0 bridgehead atoms. The van der Waals surface area contributed by atoms with Crippen LogP contribution in [0.2, 0.25) is 0 Å². The van der Waals surface area contributed by atoms with E-state index in [2.05, 4.69) is 15.6 Å². The van der Waals surface area contributed by atoms with Crippen molar-refractivity contribution in [3.05, 3.63) is 50.7 Å². The number of nitro groups is 1. The van der Waals surface area contributed by atoms with E-state index >= 15 is 0 Å². The Morgan fingerprint density at radius 2 is 1.81 bits per heavy atom. The lowest BCUT2D eigenvalue weighted by Gasteiger charge is -2.18. The molecule has 0 radical (unpaired) electrons.